The monoisotopic (exact) mass is 236 g/mol. The summed E-state index contributed by atoms with van der Waals surface area (Å²) in [7, 11) is 3.99. The number of likely N-dealkylation sites (N-methyl/N-ethyl adjacent to an activating group) is 1. The topological polar surface area (TPSA) is 50.3 Å². The van der Waals surface area contributed by atoms with Crippen LogP contribution in [0.25, 0.3) is 0 Å². The Morgan fingerprint density at radius 3 is 3.12 bits per heavy atom. The summed E-state index contributed by atoms with van der Waals surface area (Å²) in [6.45, 7) is 1.87. The van der Waals surface area contributed by atoms with Crippen molar-refractivity contribution in [2.45, 2.75) is 25.3 Å². The highest BCUT2D eigenvalue weighted by atomic mass is 16.5. The van der Waals surface area contributed by atoms with Crippen molar-refractivity contribution >= 4 is 5.82 Å². The van der Waals surface area contributed by atoms with E-state index in [1.54, 1.807) is 0 Å². The second-order valence-corrected chi connectivity index (χ2v) is 4.43. The summed E-state index contributed by atoms with van der Waals surface area (Å²) in [6, 6.07) is 2.33. The molecule has 5 nitrogen and oxygen atoms in total. The van der Waals surface area contributed by atoms with Crippen molar-refractivity contribution in [1.29, 1.82) is 0 Å². The van der Waals surface area contributed by atoms with Gasteiger partial charge in [0.05, 0.1) is 0 Å². The molecule has 0 spiro atoms. The average molecular weight is 236 g/mol. The molecule has 1 unspecified atom stereocenters. The molecule has 1 saturated heterocycles. The largest absolute Gasteiger partial charge is 0.476 e. The molecule has 0 aliphatic carbocycles. The zero-order valence-electron chi connectivity index (χ0n) is 10.5. The maximum atomic E-state index is 5.73. The van der Waals surface area contributed by atoms with E-state index in [0.717, 1.165) is 5.82 Å². The van der Waals surface area contributed by atoms with Crippen LogP contribution in [0.3, 0.4) is 0 Å². The molecule has 1 aromatic rings. The van der Waals surface area contributed by atoms with Crippen molar-refractivity contribution in [3.8, 4) is 5.88 Å². The maximum absolute atomic E-state index is 5.73. The van der Waals surface area contributed by atoms with E-state index in [4.69, 9.17) is 4.74 Å². The fourth-order valence-corrected chi connectivity index (χ4v) is 2.09. The first kappa shape index (κ1) is 12.1. The number of likely N-dealkylation sites (tertiary alicyclic amines) is 1. The van der Waals surface area contributed by atoms with Crippen LogP contribution in [-0.2, 0) is 0 Å². The van der Waals surface area contributed by atoms with E-state index >= 15 is 0 Å². The highest BCUT2D eigenvalue weighted by molar-refractivity contribution is 5.35. The number of nitrogens with one attached hydrogen (secondary N) is 1. The van der Waals surface area contributed by atoms with E-state index in [1.807, 2.05) is 13.1 Å². The van der Waals surface area contributed by atoms with Crippen molar-refractivity contribution in [2.75, 3.05) is 32.6 Å². The summed E-state index contributed by atoms with van der Waals surface area (Å²) in [5, 5.41) is 2.97. The smallest absolute Gasteiger partial charge is 0.218 e. The zero-order chi connectivity index (χ0) is 12.1. The first-order chi connectivity index (χ1) is 8.29. The lowest BCUT2D eigenvalue weighted by molar-refractivity contribution is 0.122. The van der Waals surface area contributed by atoms with Gasteiger partial charge in [-0.05, 0) is 26.4 Å². The minimum absolute atomic E-state index is 0.511. The molecule has 17 heavy (non-hydrogen) atoms. The SMILES string of the molecule is CNc1cc(OCC2CCCCN2C)ncn1. The molecule has 1 aliphatic rings. The molecule has 0 radical (unpaired) electrons. The molecule has 0 amide bonds. The Morgan fingerprint density at radius 1 is 1.47 bits per heavy atom. The Bertz CT molecular complexity index is 358. The fourth-order valence-electron chi connectivity index (χ4n) is 2.09. The molecule has 1 N–H and O–H groups in total. The number of hydrogen-bond donors (Lipinski definition) is 1. The van der Waals surface area contributed by atoms with Crippen LogP contribution in [0.15, 0.2) is 12.4 Å². The highest BCUT2D eigenvalue weighted by Crippen LogP contribution is 2.17. The molecule has 0 aromatic carbocycles. The van der Waals surface area contributed by atoms with Gasteiger partial charge in [0, 0.05) is 19.2 Å². The minimum Gasteiger partial charge on any atom is -0.476 e. The Hall–Kier alpha value is -1.36. The molecule has 0 bridgehead atoms. The molecule has 5 heteroatoms. The van der Waals surface area contributed by atoms with Crippen LogP contribution in [0.5, 0.6) is 5.88 Å². The van der Waals surface area contributed by atoms with E-state index in [9.17, 15) is 0 Å². The van der Waals surface area contributed by atoms with Gasteiger partial charge in [-0.15, -0.1) is 0 Å². The number of piperidine rings is 1. The first-order valence-electron chi connectivity index (χ1n) is 6.12. The molecule has 1 fully saturated rings. The van der Waals surface area contributed by atoms with E-state index in [2.05, 4.69) is 27.2 Å². The Kier molecular flexibility index (Phi) is 4.14. The van der Waals surface area contributed by atoms with Gasteiger partial charge in [0.1, 0.15) is 18.8 Å². The number of anilines is 1. The third kappa shape index (κ3) is 3.30. The van der Waals surface area contributed by atoms with Crippen molar-refractivity contribution in [3.05, 3.63) is 12.4 Å². The van der Waals surface area contributed by atoms with Gasteiger partial charge in [0.25, 0.3) is 0 Å². The van der Waals surface area contributed by atoms with Gasteiger partial charge in [0.15, 0.2) is 0 Å². The van der Waals surface area contributed by atoms with E-state index < -0.39 is 0 Å². The first-order valence-corrected chi connectivity index (χ1v) is 6.12. The number of rotatable bonds is 4. The lowest BCUT2D eigenvalue weighted by atomic mass is 10.0. The molecule has 1 atom stereocenters. The van der Waals surface area contributed by atoms with Gasteiger partial charge in [-0.1, -0.05) is 6.42 Å². The molecule has 0 saturated carbocycles. The second kappa shape index (κ2) is 5.82. The molecule has 2 rings (SSSR count). The maximum Gasteiger partial charge on any atom is 0.218 e. The molecule has 2 heterocycles. The van der Waals surface area contributed by atoms with E-state index in [-0.39, 0.29) is 0 Å². The quantitative estimate of drug-likeness (QED) is 0.856. The molecule has 1 aliphatic heterocycles. The van der Waals surface area contributed by atoms with Gasteiger partial charge >= 0.3 is 0 Å². The summed E-state index contributed by atoms with van der Waals surface area (Å²) in [5.74, 6) is 1.43. The van der Waals surface area contributed by atoms with Crippen LogP contribution < -0.4 is 10.1 Å². The number of hydrogen-bond acceptors (Lipinski definition) is 5. The Morgan fingerprint density at radius 2 is 2.35 bits per heavy atom. The minimum atomic E-state index is 0.511. The van der Waals surface area contributed by atoms with Gasteiger partial charge < -0.3 is 15.0 Å². The number of aromatic nitrogens is 2. The van der Waals surface area contributed by atoms with Crippen molar-refractivity contribution in [2.24, 2.45) is 0 Å². The third-order valence-electron chi connectivity index (χ3n) is 3.24. The van der Waals surface area contributed by atoms with E-state index in [0.29, 0.717) is 18.5 Å². The molecular weight excluding hydrogens is 216 g/mol. The molecule has 94 valence electrons. The predicted octanol–water partition coefficient (Wildman–Crippen LogP) is 1.38. The van der Waals surface area contributed by atoms with Gasteiger partial charge in [-0.3, -0.25) is 0 Å². The van der Waals surface area contributed by atoms with Crippen LogP contribution in [0.2, 0.25) is 0 Å². The Labute approximate surface area is 102 Å². The Balaban J connectivity index is 1.88. The zero-order valence-corrected chi connectivity index (χ0v) is 10.5. The lowest BCUT2D eigenvalue weighted by Gasteiger charge is -2.31. The average Bonchev–Trinajstić information content (AvgIpc) is 2.38. The standard InChI is InChI=1S/C12H20N4O/c1-13-11-7-12(15-9-14-11)17-8-10-5-3-4-6-16(10)2/h7,9-10H,3-6,8H2,1-2H3,(H,13,14,15). The highest BCUT2D eigenvalue weighted by Gasteiger charge is 2.19. The summed E-state index contributed by atoms with van der Waals surface area (Å²) in [4.78, 5) is 10.5. The van der Waals surface area contributed by atoms with Crippen molar-refractivity contribution in [1.82, 2.24) is 14.9 Å². The van der Waals surface area contributed by atoms with Crippen molar-refractivity contribution < 1.29 is 4.74 Å². The number of ether oxygens (including phenoxy) is 1. The summed E-state index contributed by atoms with van der Waals surface area (Å²) in [6.07, 6.45) is 5.32. The van der Waals surface area contributed by atoms with Gasteiger partial charge in [-0.2, -0.15) is 0 Å². The summed E-state index contributed by atoms with van der Waals surface area (Å²) < 4.78 is 5.73. The fraction of sp³-hybridized carbons (Fsp3) is 0.667. The third-order valence-corrected chi connectivity index (χ3v) is 3.24. The van der Waals surface area contributed by atoms with Crippen LogP contribution in [0.4, 0.5) is 5.82 Å². The second-order valence-electron chi connectivity index (χ2n) is 4.43. The van der Waals surface area contributed by atoms with Crippen LogP contribution in [-0.4, -0.2) is 48.2 Å². The van der Waals surface area contributed by atoms with Crippen LogP contribution >= 0.6 is 0 Å². The number of nitrogens with zero attached hydrogens (tertiary/aromatic N) is 3. The summed E-state index contributed by atoms with van der Waals surface area (Å²) in [5.41, 5.74) is 0. The molecule has 1 aromatic heterocycles. The van der Waals surface area contributed by atoms with Crippen LogP contribution in [0, 0.1) is 0 Å². The summed E-state index contributed by atoms with van der Waals surface area (Å²) >= 11 is 0. The predicted molar refractivity (Wildman–Crippen MR) is 67.3 cm³/mol. The molecular formula is C12H20N4O. The van der Waals surface area contributed by atoms with Gasteiger partial charge in [-0.25, -0.2) is 9.97 Å². The van der Waals surface area contributed by atoms with Gasteiger partial charge in [0.2, 0.25) is 5.88 Å². The van der Waals surface area contributed by atoms with Crippen molar-refractivity contribution in [3.63, 3.8) is 0 Å². The van der Waals surface area contributed by atoms with E-state index in [1.165, 1.54) is 32.1 Å². The van der Waals surface area contributed by atoms with Crippen LogP contribution in [0.1, 0.15) is 19.3 Å². The normalized spacial score (nSPS) is 21.2. The lowest BCUT2D eigenvalue weighted by Crippen LogP contribution is -2.40.